The Bertz CT molecular complexity index is 1050. The second-order valence-electron chi connectivity index (χ2n) is 8.89. The fourth-order valence-electron chi connectivity index (χ4n) is 3.19. The van der Waals surface area contributed by atoms with Crippen molar-refractivity contribution in [3.8, 4) is 5.75 Å². The molecule has 0 aliphatic rings. The molecule has 0 radical (unpaired) electrons. The molecule has 2 rings (SSSR count). The molecule has 0 aliphatic carbocycles. The second kappa shape index (κ2) is 10.7. The summed E-state index contributed by atoms with van der Waals surface area (Å²) in [5, 5.41) is 2.89. The Labute approximate surface area is 196 Å². The number of hydrogen-bond acceptors (Lipinski definition) is 5. The van der Waals surface area contributed by atoms with E-state index in [2.05, 4.69) is 5.32 Å². The van der Waals surface area contributed by atoms with Crippen LogP contribution in [0.2, 0.25) is 0 Å². The predicted octanol–water partition coefficient (Wildman–Crippen LogP) is 2.79. The SMILES string of the molecule is COc1ccc(CN(C(=O)CN(c2ccccc2)S(C)(=O)=O)[C@@H](C)C(=O)NC(C)(C)C)cc1. The van der Waals surface area contributed by atoms with Crippen molar-refractivity contribution in [3.63, 3.8) is 0 Å². The third-order valence-electron chi connectivity index (χ3n) is 4.90. The van der Waals surface area contributed by atoms with Gasteiger partial charge in [0, 0.05) is 12.1 Å². The number of carbonyl (C=O) groups excluding carboxylic acids is 2. The monoisotopic (exact) mass is 475 g/mol. The smallest absolute Gasteiger partial charge is 0.244 e. The van der Waals surface area contributed by atoms with Crippen LogP contribution in [0.1, 0.15) is 33.3 Å². The number of sulfonamides is 1. The molecule has 0 bridgehead atoms. The van der Waals surface area contributed by atoms with E-state index in [4.69, 9.17) is 4.74 Å². The first kappa shape index (κ1) is 26.2. The van der Waals surface area contributed by atoms with E-state index in [1.54, 1.807) is 68.6 Å². The molecule has 8 nitrogen and oxygen atoms in total. The average molecular weight is 476 g/mol. The fraction of sp³-hybridized carbons (Fsp3) is 0.417. The van der Waals surface area contributed by atoms with Crippen LogP contribution in [0.4, 0.5) is 5.69 Å². The lowest BCUT2D eigenvalue weighted by molar-refractivity contribution is -0.140. The molecule has 1 atom stereocenters. The molecular weight excluding hydrogens is 442 g/mol. The van der Waals surface area contributed by atoms with Gasteiger partial charge in [-0.2, -0.15) is 0 Å². The van der Waals surface area contributed by atoms with E-state index < -0.39 is 34.1 Å². The van der Waals surface area contributed by atoms with E-state index in [0.717, 1.165) is 16.1 Å². The lowest BCUT2D eigenvalue weighted by Gasteiger charge is -2.33. The number of hydrogen-bond donors (Lipinski definition) is 1. The second-order valence-corrected chi connectivity index (χ2v) is 10.8. The molecule has 0 aliphatic heterocycles. The maximum absolute atomic E-state index is 13.4. The van der Waals surface area contributed by atoms with Crippen LogP contribution in [0, 0.1) is 0 Å². The van der Waals surface area contributed by atoms with E-state index >= 15 is 0 Å². The molecule has 2 amide bonds. The molecule has 33 heavy (non-hydrogen) atoms. The van der Waals surface area contributed by atoms with Gasteiger partial charge in [0.1, 0.15) is 18.3 Å². The zero-order valence-electron chi connectivity index (χ0n) is 20.0. The Morgan fingerprint density at radius 2 is 1.61 bits per heavy atom. The number of amides is 2. The predicted molar refractivity (Wildman–Crippen MR) is 130 cm³/mol. The van der Waals surface area contributed by atoms with Gasteiger partial charge in [-0.05, 0) is 57.5 Å². The minimum Gasteiger partial charge on any atom is -0.497 e. The first-order valence-electron chi connectivity index (χ1n) is 10.6. The molecule has 0 fully saturated rings. The Kier molecular flexibility index (Phi) is 8.49. The van der Waals surface area contributed by atoms with E-state index in [9.17, 15) is 18.0 Å². The summed E-state index contributed by atoms with van der Waals surface area (Å²) in [6.07, 6.45) is 1.05. The molecule has 0 unspecified atom stereocenters. The summed E-state index contributed by atoms with van der Waals surface area (Å²) >= 11 is 0. The van der Waals surface area contributed by atoms with Crippen LogP contribution in [0.3, 0.4) is 0 Å². The number of carbonyl (C=O) groups is 2. The van der Waals surface area contributed by atoms with Gasteiger partial charge in [-0.1, -0.05) is 30.3 Å². The Morgan fingerprint density at radius 1 is 1.03 bits per heavy atom. The number of ether oxygens (including phenoxy) is 1. The Balaban J connectivity index is 2.37. The van der Waals surface area contributed by atoms with Crippen molar-refractivity contribution in [1.82, 2.24) is 10.2 Å². The normalized spacial score (nSPS) is 12.5. The number of anilines is 1. The number of nitrogens with zero attached hydrogens (tertiary/aromatic N) is 2. The highest BCUT2D eigenvalue weighted by atomic mass is 32.2. The van der Waals surface area contributed by atoms with Gasteiger partial charge in [0.15, 0.2) is 0 Å². The van der Waals surface area contributed by atoms with E-state index in [1.165, 1.54) is 4.90 Å². The molecule has 0 saturated carbocycles. The summed E-state index contributed by atoms with van der Waals surface area (Å²) in [5.74, 6) is -0.144. The van der Waals surface area contributed by atoms with Crippen LogP contribution in [0.5, 0.6) is 5.75 Å². The van der Waals surface area contributed by atoms with Crippen LogP contribution >= 0.6 is 0 Å². The Morgan fingerprint density at radius 3 is 2.09 bits per heavy atom. The Hall–Kier alpha value is -3.07. The molecule has 2 aromatic rings. The third-order valence-corrected chi connectivity index (χ3v) is 6.04. The largest absolute Gasteiger partial charge is 0.497 e. The van der Waals surface area contributed by atoms with Gasteiger partial charge in [-0.3, -0.25) is 13.9 Å². The van der Waals surface area contributed by atoms with Gasteiger partial charge in [0.05, 0.1) is 19.1 Å². The van der Waals surface area contributed by atoms with Crippen molar-refractivity contribution in [2.45, 2.75) is 45.8 Å². The number of rotatable bonds is 9. The first-order valence-corrected chi connectivity index (χ1v) is 12.4. The van der Waals surface area contributed by atoms with E-state index in [0.29, 0.717) is 11.4 Å². The highest BCUT2D eigenvalue weighted by Crippen LogP contribution is 2.19. The molecule has 0 heterocycles. The van der Waals surface area contributed by atoms with Crippen LogP contribution < -0.4 is 14.4 Å². The van der Waals surface area contributed by atoms with E-state index in [-0.39, 0.29) is 12.5 Å². The van der Waals surface area contributed by atoms with Crippen molar-refractivity contribution < 1.29 is 22.7 Å². The number of para-hydroxylation sites is 1. The fourth-order valence-corrected chi connectivity index (χ4v) is 4.04. The van der Waals surface area contributed by atoms with Crippen LogP contribution in [0.15, 0.2) is 54.6 Å². The zero-order valence-corrected chi connectivity index (χ0v) is 20.8. The summed E-state index contributed by atoms with van der Waals surface area (Å²) in [4.78, 5) is 27.7. The molecular formula is C24H33N3O5S. The minimum atomic E-state index is -3.73. The van der Waals surface area contributed by atoms with Crippen molar-refractivity contribution in [3.05, 3.63) is 60.2 Å². The zero-order chi connectivity index (χ0) is 24.8. The summed E-state index contributed by atoms with van der Waals surface area (Å²) in [5.41, 5.74) is 0.679. The lowest BCUT2D eigenvalue weighted by atomic mass is 10.1. The number of nitrogens with one attached hydrogen (secondary N) is 1. The quantitative estimate of drug-likeness (QED) is 0.602. The van der Waals surface area contributed by atoms with E-state index in [1.807, 2.05) is 20.8 Å². The highest BCUT2D eigenvalue weighted by molar-refractivity contribution is 7.92. The van der Waals surface area contributed by atoms with Gasteiger partial charge in [0.2, 0.25) is 21.8 Å². The van der Waals surface area contributed by atoms with Crippen LogP contribution in [-0.2, 0) is 26.2 Å². The maximum Gasteiger partial charge on any atom is 0.244 e. The average Bonchev–Trinajstić information content (AvgIpc) is 2.74. The third kappa shape index (κ3) is 7.78. The lowest BCUT2D eigenvalue weighted by Crippen LogP contribution is -2.54. The highest BCUT2D eigenvalue weighted by Gasteiger charge is 2.31. The van der Waals surface area contributed by atoms with Gasteiger partial charge in [-0.15, -0.1) is 0 Å². The number of methoxy groups -OCH3 is 1. The number of benzene rings is 2. The van der Waals surface area contributed by atoms with Gasteiger partial charge in [-0.25, -0.2) is 8.42 Å². The topological polar surface area (TPSA) is 96.0 Å². The first-order chi connectivity index (χ1) is 15.3. The molecule has 180 valence electrons. The van der Waals surface area contributed by atoms with Crippen LogP contribution in [0.25, 0.3) is 0 Å². The molecule has 0 aromatic heterocycles. The van der Waals surface area contributed by atoms with Gasteiger partial charge < -0.3 is 15.0 Å². The van der Waals surface area contributed by atoms with Crippen molar-refractivity contribution in [2.24, 2.45) is 0 Å². The van der Waals surface area contributed by atoms with Crippen molar-refractivity contribution in [2.75, 3.05) is 24.2 Å². The summed E-state index contributed by atoms with van der Waals surface area (Å²) < 4.78 is 31.2. The van der Waals surface area contributed by atoms with Crippen molar-refractivity contribution >= 4 is 27.5 Å². The van der Waals surface area contributed by atoms with Gasteiger partial charge >= 0.3 is 0 Å². The molecule has 0 saturated heterocycles. The molecule has 1 N–H and O–H groups in total. The summed E-state index contributed by atoms with van der Waals surface area (Å²) in [6, 6.07) is 14.7. The minimum absolute atomic E-state index is 0.133. The maximum atomic E-state index is 13.4. The summed E-state index contributed by atoms with van der Waals surface area (Å²) in [7, 11) is -2.17. The summed E-state index contributed by atoms with van der Waals surface area (Å²) in [6.45, 7) is 6.91. The van der Waals surface area contributed by atoms with Gasteiger partial charge in [0.25, 0.3) is 0 Å². The molecule has 9 heteroatoms. The molecule has 2 aromatic carbocycles. The van der Waals surface area contributed by atoms with Crippen molar-refractivity contribution in [1.29, 1.82) is 0 Å². The standard InChI is InChI=1S/C24H33N3O5S/c1-18(23(29)25-24(2,3)4)26(16-19-12-14-21(32-5)15-13-19)22(28)17-27(33(6,30)31)20-10-8-7-9-11-20/h7-15,18H,16-17H2,1-6H3,(H,25,29)/t18-/m0/s1. The van der Waals surface area contributed by atoms with Crippen LogP contribution in [-0.4, -0.2) is 56.6 Å². The molecule has 0 spiro atoms.